The van der Waals surface area contributed by atoms with Gasteiger partial charge >= 0.3 is 12.1 Å². The van der Waals surface area contributed by atoms with E-state index in [0.717, 1.165) is 41.8 Å². The summed E-state index contributed by atoms with van der Waals surface area (Å²) in [5.41, 5.74) is 2.47. The summed E-state index contributed by atoms with van der Waals surface area (Å²) >= 11 is 1.88. The van der Waals surface area contributed by atoms with Crippen molar-refractivity contribution in [2.24, 2.45) is 5.41 Å². The Morgan fingerprint density at radius 3 is 2.07 bits per heavy atom. The molecular formula is C36H50F3NO5S. The molecule has 0 bridgehead atoms. The van der Waals surface area contributed by atoms with E-state index >= 15 is 0 Å². The van der Waals surface area contributed by atoms with Gasteiger partial charge in [0.25, 0.3) is 0 Å². The molecule has 1 aromatic heterocycles. The Balaban J connectivity index is 0.000000541. The summed E-state index contributed by atoms with van der Waals surface area (Å²) in [5.74, 6) is -0.437. The van der Waals surface area contributed by atoms with Crippen LogP contribution in [0.5, 0.6) is 0 Å². The Morgan fingerprint density at radius 1 is 1.04 bits per heavy atom. The monoisotopic (exact) mass is 665 g/mol. The van der Waals surface area contributed by atoms with Crippen LogP contribution >= 0.6 is 11.8 Å². The van der Waals surface area contributed by atoms with Crippen molar-refractivity contribution >= 4 is 17.7 Å². The van der Waals surface area contributed by atoms with Gasteiger partial charge in [0, 0.05) is 60.0 Å². The fraction of sp³-hybridized carbons (Fsp3) is 0.667. The normalized spacial score (nSPS) is 23.9. The zero-order valence-corrected chi connectivity index (χ0v) is 29.5. The Bertz CT molecular complexity index is 1380. The van der Waals surface area contributed by atoms with Gasteiger partial charge in [-0.3, -0.25) is 9.78 Å². The number of nitrogens with zero attached hydrogens (tertiary/aromatic N) is 1. The largest absolute Gasteiger partial charge is 0.455 e. The molecule has 1 aromatic carbocycles. The quantitative estimate of drug-likeness (QED) is 0.328. The lowest BCUT2D eigenvalue weighted by atomic mass is 9.72. The van der Waals surface area contributed by atoms with Crippen LogP contribution in [0.4, 0.5) is 13.2 Å². The second-order valence-corrected chi connectivity index (χ2v) is 15.5. The number of fused-ring (bicyclic) bond motifs is 4. The highest BCUT2D eigenvalue weighted by Crippen LogP contribution is 2.67. The number of hydrogen-bond donors (Lipinski definition) is 1. The van der Waals surface area contributed by atoms with Crippen LogP contribution in [0.3, 0.4) is 0 Å². The van der Waals surface area contributed by atoms with E-state index in [2.05, 4.69) is 27.0 Å². The number of thioether (sulfide) groups is 1. The third kappa shape index (κ3) is 7.30. The van der Waals surface area contributed by atoms with Crippen molar-refractivity contribution in [1.29, 1.82) is 0 Å². The fourth-order valence-corrected chi connectivity index (χ4v) is 6.74. The molecule has 2 aromatic rings. The molecule has 1 unspecified atom stereocenters. The molecular weight excluding hydrogens is 615 g/mol. The maximum atomic E-state index is 13.3. The predicted molar refractivity (Wildman–Crippen MR) is 175 cm³/mol. The third-order valence-electron chi connectivity index (χ3n) is 9.31. The standard InChI is InChI=1S/C29H32F3NO5.C5H12S.C2H6/c1-15(2)23-21-22(20-19(35)14-27(8-9-27)26(24(20)33-23)37-16(3)34)28(10-12-36-13-11-28)38-25(21)17-4-6-18(7-5-17)29(30,31)32;1-5(2,3)6-4;1-2/h4-7,15,19,25-26,35H,8-14H2,1-3H3;1-4H3;1-2H3/t19-,25+,26?;;/m0../s1. The average molecular weight is 666 g/mol. The minimum atomic E-state index is -4.44. The number of aliphatic hydroxyl groups is 1. The Morgan fingerprint density at radius 2 is 1.61 bits per heavy atom. The fourth-order valence-electron chi connectivity index (χ4n) is 6.74. The molecule has 10 heteroatoms. The molecule has 0 radical (unpaired) electrons. The van der Waals surface area contributed by atoms with Gasteiger partial charge in [-0.25, -0.2) is 0 Å². The summed E-state index contributed by atoms with van der Waals surface area (Å²) in [7, 11) is 0. The molecule has 1 saturated carbocycles. The molecule has 1 saturated heterocycles. The van der Waals surface area contributed by atoms with E-state index in [4.69, 9.17) is 19.2 Å². The maximum Gasteiger partial charge on any atom is 0.416 e. The molecule has 3 heterocycles. The van der Waals surface area contributed by atoms with Gasteiger partial charge in [0.1, 0.15) is 12.2 Å². The van der Waals surface area contributed by atoms with E-state index in [1.54, 1.807) is 0 Å². The number of alkyl halides is 3. The smallest absolute Gasteiger partial charge is 0.416 e. The van der Waals surface area contributed by atoms with E-state index < -0.39 is 41.6 Å². The number of carbonyl (C=O) groups excluding carboxylic acids is 1. The molecule has 1 N–H and O–H groups in total. The Kier molecular flexibility index (Phi) is 11.0. The Hall–Kier alpha value is -2.14. The van der Waals surface area contributed by atoms with Crippen LogP contribution in [0.25, 0.3) is 0 Å². The highest BCUT2D eigenvalue weighted by molar-refractivity contribution is 7.99. The highest BCUT2D eigenvalue weighted by atomic mass is 32.2. The van der Waals surface area contributed by atoms with Crippen molar-refractivity contribution < 1.29 is 37.3 Å². The predicted octanol–water partition coefficient (Wildman–Crippen LogP) is 9.34. The second kappa shape index (κ2) is 13.8. The van der Waals surface area contributed by atoms with Crippen LogP contribution in [0.1, 0.15) is 151 Å². The van der Waals surface area contributed by atoms with Gasteiger partial charge in [-0.2, -0.15) is 24.9 Å². The summed E-state index contributed by atoms with van der Waals surface area (Å²) in [6.07, 6.45) is -1.07. The lowest BCUT2D eigenvalue weighted by Crippen LogP contribution is -2.37. The van der Waals surface area contributed by atoms with Gasteiger partial charge in [-0.1, -0.05) is 60.6 Å². The molecule has 6 rings (SSSR count). The number of aromatic nitrogens is 1. The number of aliphatic hydroxyl groups excluding tert-OH is 1. The molecule has 6 nitrogen and oxygen atoms in total. The number of halogens is 3. The van der Waals surface area contributed by atoms with Gasteiger partial charge in [0.2, 0.25) is 0 Å². The van der Waals surface area contributed by atoms with E-state index in [1.807, 2.05) is 39.5 Å². The van der Waals surface area contributed by atoms with Crippen molar-refractivity contribution in [3.8, 4) is 0 Å². The van der Waals surface area contributed by atoms with Gasteiger partial charge in [-0.15, -0.1) is 0 Å². The van der Waals surface area contributed by atoms with Gasteiger partial charge in [0.05, 0.1) is 23.0 Å². The minimum absolute atomic E-state index is 0.0446. The SMILES string of the molecule is CC.CC(=O)OC1c2nc(C(C)C)c3c(c2[C@@H](O)CC12CC2)C1(CCOCC1)O[C@@H]3c1ccc(C(F)(F)F)cc1.CSC(C)(C)C. The van der Waals surface area contributed by atoms with E-state index in [0.29, 0.717) is 54.0 Å². The number of carbonyl (C=O) groups is 1. The zero-order chi connectivity index (χ0) is 34.2. The van der Waals surface area contributed by atoms with Crippen LogP contribution in [0.2, 0.25) is 0 Å². The molecule has 2 aliphatic heterocycles. The highest BCUT2D eigenvalue weighted by Gasteiger charge is 2.60. The van der Waals surface area contributed by atoms with Gasteiger partial charge < -0.3 is 19.3 Å². The summed E-state index contributed by atoms with van der Waals surface area (Å²) in [6, 6.07) is 5.10. The molecule has 0 amide bonds. The number of hydrogen-bond acceptors (Lipinski definition) is 7. The van der Waals surface area contributed by atoms with Crippen LogP contribution in [-0.4, -0.2) is 40.3 Å². The zero-order valence-electron chi connectivity index (χ0n) is 28.6. The van der Waals surface area contributed by atoms with Crippen molar-refractivity contribution in [1.82, 2.24) is 4.98 Å². The number of benzene rings is 1. The second-order valence-electron chi connectivity index (χ2n) is 13.9. The number of esters is 1. The average Bonchev–Trinajstić information content (AvgIpc) is 3.70. The van der Waals surface area contributed by atoms with Crippen molar-refractivity contribution in [2.75, 3.05) is 19.5 Å². The van der Waals surface area contributed by atoms with E-state index in [1.165, 1.54) is 19.1 Å². The minimum Gasteiger partial charge on any atom is -0.455 e. The van der Waals surface area contributed by atoms with Crippen molar-refractivity contribution in [2.45, 2.75) is 128 Å². The Labute approximate surface area is 276 Å². The molecule has 3 atom stereocenters. The molecule has 2 spiro atoms. The van der Waals surface area contributed by atoms with E-state index in [-0.39, 0.29) is 11.3 Å². The van der Waals surface area contributed by atoms with Crippen LogP contribution in [0.15, 0.2) is 24.3 Å². The summed E-state index contributed by atoms with van der Waals surface area (Å²) in [6.45, 7) is 17.0. The van der Waals surface area contributed by atoms with Crippen LogP contribution < -0.4 is 0 Å². The van der Waals surface area contributed by atoms with Crippen LogP contribution in [-0.2, 0) is 30.8 Å². The van der Waals surface area contributed by atoms with Crippen molar-refractivity contribution in [3.05, 3.63) is 63.5 Å². The third-order valence-corrected chi connectivity index (χ3v) is 10.5. The first kappa shape index (κ1) is 36.7. The first-order valence-corrected chi connectivity index (χ1v) is 17.7. The number of rotatable bonds is 3. The molecule has 2 fully saturated rings. The number of pyridine rings is 1. The summed E-state index contributed by atoms with van der Waals surface area (Å²) in [4.78, 5) is 17.3. The topological polar surface area (TPSA) is 77.9 Å². The first-order chi connectivity index (χ1) is 21.5. The van der Waals surface area contributed by atoms with Crippen LogP contribution in [0, 0.1) is 5.41 Å². The lowest BCUT2D eigenvalue weighted by molar-refractivity contribution is -0.153. The van der Waals surface area contributed by atoms with E-state index in [9.17, 15) is 23.1 Å². The molecule has 256 valence electrons. The van der Waals surface area contributed by atoms with Crippen molar-refractivity contribution in [3.63, 3.8) is 0 Å². The van der Waals surface area contributed by atoms with Gasteiger partial charge in [-0.05, 0) is 54.7 Å². The summed E-state index contributed by atoms with van der Waals surface area (Å²) < 4.78 is 58.8. The lowest BCUT2D eigenvalue weighted by Gasteiger charge is -2.40. The first-order valence-electron chi connectivity index (χ1n) is 16.4. The van der Waals surface area contributed by atoms with Gasteiger partial charge in [0.15, 0.2) is 0 Å². The number of ether oxygens (including phenoxy) is 3. The maximum absolute atomic E-state index is 13.3. The molecule has 46 heavy (non-hydrogen) atoms. The molecule has 4 aliphatic rings. The molecule has 2 aliphatic carbocycles. The summed E-state index contributed by atoms with van der Waals surface area (Å²) in [5, 5.41) is 11.6.